The van der Waals surface area contributed by atoms with Crippen molar-refractivity contribution < 1.29 is 0 Å². The molecule has 2 rings (SSSR count). The fraction of sp³-hybridized carbons (Fsp3) is 0.600. The van der Waals surface area contributed by atoms with Gasteiger partial charge in [0.1, 0.15) is 10.8 Å². The summed E-state index contributed by atoms with van der Waals surface area (Å²) < 4.78 is 0. The first-order valence-corrected chi connectivity index (χ1v) is 7.57. The summed E-state index contributed by atoms with van der Waals surface area (Å²) in [5.74, 6) is 1.04. The summed E-state index contributed by atoms with van der Waals surface area (Å²) >= 11 is 5.09. The molecule has 1 saturated heterocycles. The fourth-order valence-electron chi connectivity index (χ4n) is 2.88. The van der Waals surface area contributed by atoms with Gasteiger partial charge < -0.3 is 10.6 Å². The van der Waals surface area contributed by atoms with Crippen LogP contribution in [-0.2, 0) is 0 Å². The zero-order valence-electron chi connectivity index (χ0n) is 11.9. The number of aryl methyl sites for hydroxylation is 1. The Kier molecular flexibility index (Phi) is 4.75. The van der Waals surface area contributed by atoms with Gasteiger partial charge in [0.15, 0.2) is 0 Å². The molecule has 0 spiro atoms. The molecule has 3 nitrogen and oxygen atoms in total. The highest BCUT2D eigenvalue weighted by Gasteiger charge is 2.23. The third-order valence-corrected chi connectivity index (χ3v) is 4.00. The molecule has 0 aromatic carbocycles. The van der Waals surface area contributed by atoms with Crippen LogP contribution in [0.4, 0.5) is 5.82 Å². The van der Waals surface area contributed by atoms with E-state index in [9.17, 15) is 0 Å². The van der Waals surface area contributed by atoms with Crippen molar-refractivity contribution in [2.45, 2.75) is 52.0 Å². The van der Waals surface area contributed by atoms with Gasteiger partial charge in [-0.25, -0.2) is 4.98 Å². The topological polar surface area (TPSA) is 42.1 Å². The molecule has 1 unspecified atom stereocenters. The molecule has 4 heteroatoms. The van der Waals surface area contributed by atoms with Crippen LogP contribution in [0.5, 0.6) is 0 Å². The van der Waals surface area contributed by atoms with E-state index in [1.165, 1.54) is 32.1 Å². The van der Waals surface area contributed by atoms with Gasteiger partial charge in [0, 0.05) is 23.8 Å². The van der Waals surface area contributed by atoms with Gasteiger partial charge in [-0.05, 0) is 44.7 Å². The van der Waals surface area contributed by atoms with E-state index in [-0.39, 0.29) is 0 Å². The Morgan fingerprint density at radius 2 is 2.26 bits per heavy atom. The Morgan fingerprint density at radius 3 is 2.95 bits per heavy atom. The third-order valence-electron chi connectivity index (χ3n) is 3.77. The molecule has 104 valence electrons. The maximum atomic E-state index is 5.76. The van der Waals surface area contributed by atoms with Gasteiger partial charge in [0.25, 0.3) is 0 Å². The standard InChI is InChI=1S/C15H23N3S/c1-3-6-13-7-4-5-8-18(13)14-10-12(15(16)19)9-11(2)17-14/h9-10,13H,3-8H2,1-2H3,(H2,16,19). The third kappa shape index (κ3) is 3.44. The first-order chi connectivity index (χ1) is 9.11. The van der Waals surface area contributed by atoms with Crippen LogP contribution >= 0.6 is 12.2 Å². The monoisotopic (exact) mass is 277 g/mol. The van der Waals surface area contributed by atoms with E-state index < -0.39 is 0 Å². The van der Waals surface area contributed by atoms with Crippen molar-refractivity contribution in [2.75, 3.05) is 11.4 Å². The summed E-state index contributed by atoms with van der Waals surface area (Å²) in [5, 5.41) is 0. The van der Waals surface area contributed by atoms with Crippen molar-refractivity contribution >= 4 is 23.0 Å². The number of anilines is 1. The molecule has 1 aromatic heterocycles. The SMILES string of the molecule is CCCC1CCCCN1c1cc(C(N)=S)cc(C)n1. The lowest BCUT2D eigenvalue weighted by atomic mass is 9.98. The Bertz CT molecular complexity index is 457. The molecule has 19 heavy (non-hydrogen) atoms. The van der Waals surface area contributed by atoms with Gasteiger partial charge in [-0.2, -0.15) is 0 Å². The van der Waals surface area contributed by atoms with Crippen LogP contribution in [0.25, 0.3) is 0 Å². The maximum absolute atomic E-state index is 5.76. The van der Waals surface area contributed by atoms with E-state index in [4.69, 9.17) is 18.0 Å². The summed E-state index contributed by atoms with van der Waals surface area (Å²) in [7, 11) is 0. The molecule has 1 atom stereocenters. The number of thiocarbonyl (C=S) groups is 1. The summed E-state index contributed by atoms with van der Waals surface area (Å²) in [6, 6.07) is 4.63. The van der Waals surface area contributed by atoms with Crippen molar-refractivity contribution in [3.63, 3.8) is 0 Å². The van der Waals surface area contributed by atoms with E-state index in [1.807, 2.05) is 19.1 Å². The average Bonchev–Trinajstić information content (AvgIpc) is 2.39. The van der Waals surface area contributed by atoms with Crippen LogP contribution in [0.1, 0.15) is 50.3 Å². The van der Waals surface area contributed by atoms with E-state index in [0.717, 1.165) is 23.6 Å². The van der Waals surface area contributed by atoms with Crippen molar-refractivity contribution in [2.24, 2.45) is 5.73 Å². The first kappa shape index (κ1) is 14.3. The minimum atomic E-state index is 0.454. The number of pyridine rings is 1. The fourth-order valence-corrected chi connectivity index (χ4v) is 2.99. The Hall–Kier alpha value is -1.16. The lowest BCUT2D eigenvalue weighted by molar-refractivity contribution is 0.431. The average molecular weight is 277 g/mol. The Balaban J connectivity index is 2.30. The second-order valence-electron chi connectivity index (χ2n) is 5.35. The summed E-state index contributed by atoms with van der Waals surface area (Å²) in [4.78, 5) is 7.58. The molecule has 0 amide bonds. The molecule has 1 aliphatic rings. The zero-order chi connectivity index (χ0) is 13.8. The van der Waals surface area contributed by atoms with Crippen molar-refractivity contribution in [3.8, 4) is 0 Å². The van der Waals surface area contributed by atoms with Crippen molar-refractivity contribution in [1.82, 2.24) is 4.98 Å². The Labute approximate surface area is 121 Å². The number of nitrogens with two attached hydrogens (primary N) is 1. The van der Waals surface area contributed by atoms with Crippen molar-refractivity contribution in [1.29, 1.82) is 0 Å². The molecule has 0 saturated carbocycles. The minimum absolute atomic E-state index is 0.454. The van der Waals surface area contributed by atoms with Crippen LogP contribution < -0.4 is 10.6 Å². The summed E-state index contributed by atoms with van der Waals surface area (Å²) in [6.07, 6.45) is 6.30. The van der Waals surface area contributed by atoms with Gasteiger partial charge in [0.2, 0.25) is 0 Å². The molecule has 1 aliphatic heterocycles. The number of nitrogens with zero attached hydrogens (tertiary/aromatic N) is 2. The quantitative estimate of drug-likeness (QED) is 0.858. The molecular weight excluding hydrogens is 254 g/mol. The van der Waals surface area contributed by atoms with Crippen LogP contribution in [-0.4, -0.2) is 22.6 Å². The van der Waals surface area contributed by atoms with Gasteiger partial charge in [-0.3, -0.25) is 0 Å². The number of hydrogen-bond acceptors (Lipinski definition) is 3. The zero-order valence-corrected chi connectivity index (χ0v) is 12.7. The van der Waals surface area contributed by atoms with Crippen molar-refractivity contribution in [3.05, 3.63) is 23.4 Å². The maximum Gasteiger partial charge on any atom is 0.129 e. The predicted molar refractivity (Wildman–Crippen MR) is 84.8 cm³/mol. The molecule has 0 bridgehead atoms. The highest BCUT2D eigenvalue weighted by Crippen LogP contribution is 2.26. The second-order valence-corrected chi connectivity index (χ2v) is 5.79. The second kappa shape index (κ2) is 6.33. The largest absolute Gasteiger partial charge is 0.389 e. The van der Waals surface area contributed by atoms with Crippen LogP contribution in [0.15, 0.2) is 12.1 Å². The molecule has 2 N–H and O–H groups in total. The number of aromatic nitrogens is 1. The van der Waals surface area contributed by atoms with Gasteiger partial charge in [0.05, 0.1) is 0 Å². The highest BCUT2D eigenvalue weighted by atomic mass is 32.1. The molecule has 1 fully saturated rings. The highest BCUT2D eigenvalue weighted by molar-refractivity contribution is 7.80. The van der Waals surface area contributed by atoms with Gasteiger partial charge in [-0.15, -0.1) is 0 Å². The smallest absolute Gasteiger partial charge is 0.129 e. The number of hydrogen-bond donors (Lipinski definition) is 1. The normalized spacial score (nSPS) is 19.5. The molecule has 0 aliphatic carbocycles. The van der Waals surface area contributed by atoms with Crippen LogP contribution in [0, 0.1) is 6.92 Å². The van der Waals surface area contributed by atoms with Crippen LogP contribution in [0.2, 0.25) is 0 Å². The summed E-state index contributed by atoms with van der Waals surface area (Å²) in [6.45, 7) is 5.35. The van der Waals surface area contributed by atoms with E-state index in [1.54, 1.807) is 0 Å². The van der Waals surface area contributed by atoms with Crippen LogP contribution in [0.3, 0.4) is 0 Å². The van der Waals surface area contributed by atoms with E-state index >= 15 is 0 Å². The summed E-state index contributed by atoms with van der Waals surface area (Å²) in [5.41, 5.74) is 7.68. The molecule has 1 aromatic rings. The lowest BCUT2D eigenvalue weighted by Gasteiger charge is -2.37. The predicted octanol–water partition coefficient (Wildman–Crippen LogP) is 3.18. The molecule has 2 heterocycles. The lowest BCUT2D eigenvalue weighted by Crippen LogP contribution is -2.40. The van der Waals surface area contributed by atoms with E-state index in [0.29, 0.717) is 11.0 Å². The van der Waals surface area contributed by atoms with Gasteiger partial charge >= 0.3 is 0 Å². The van der Waals surface area contributed by atoms with Gasteiger partial charge in [-0.1, -0.05) is 25.6 Å². The number of piperidine rings is 1. The molecular formula is C15H23N3S. The number of rotatable bonds is 4. The Morgan fingerprint density at radius 1 is 1.47 bits per heavy atom. The first-order valence-electron chi connectivity index (χ1n) is 7.17. The minimum Gasteiger partial charge on any atom is -0.389 e. The van der Waals surface area contributed by atoms with E-state index in [2.05, 4.69) is 16.8 Å². The molecule has 0 radical (unpaired) electrons.